The largest absolute Gasteiger partial charge is 0.309 e. The van der Waals surface area contributed by atoms with Gasteiger partial charge in [0.2, 0.25) is 0 Å². The summed E-state index contributed by atoms with van der Waals surface area (Å²) >= 11 is 0. The van der Waals surface area contributed by atoms with E-state index in [1.807, 2.05) is 310 Å². The number of para-hydroxylation sites is 1. The highest BCUT2D eigenvalue weighted by Crippen LogP contribution is 2.47. The summed E-state index contributed by atoms with van der Waals surface area (Å²) in [6, 6.07) is 155. The first kappa shape index (κ1) is 86.7. The molecule has 25 aromatic rings. The molecule has 0 radical (unpaired) electrons. The summed E-state index contributed by atoms with van der Waals surface area (Å²) in [7, 11) is 0. The second kappa shape index (κ2) is 37.5. The molecule has 146 heavy (non-hydrogen) atoms. The van der Waals surface area contributed by atoms with Crippen LogP contribution in [0.3, 0.4) is 0 Å². The number of hydrogen-bond donors (Lipinski definition) is 0. The fraction of sp³-hybridized carbons (Fsp3) is 0. The predicted molar refractivity (Wildman–Crippen MR) is 576 cm³/mol. The van der Waals surface area contributed by atoms with Crippen LogP contribution < -0.4 is 0 Å². The van der Waals surface area contributed by atoms with E-state index in [0.29, 0.717) is 131 Å². The van der Waals surface area contributed by atoms with Crippen molar-refractivity contribution in [3.63, 3.8) is 0 Å². The molecule has 0 unspecified atom stereocenters. The molecule has 25 rings (SSSR count). The van der Waals surface area contributed by atoms with E-state index in [2.05, 4.69) is 167 Å². The van der Waals surface area contributed by atoms with Gasteiger partial charge in [-0.05, 0) is 196 Å². The van der Waals surface area contributed by atoms with Gasteiger partial charge in [-0.15, -0.1) is 0 Å². The average Bonchev–Trinajstić information content (AvgIpc) is 1.57. The van der Waals surface area contributed by atoms with E-state index in [-0.39, 0.29) is 0 Å². The van der Waals surface area contributed by atoms with Gasteiger partial charge in [0, 0.05) is 112 Å². The molecule has 8 aromatic heterocycles. The molecule has 17 aromatic carbocycles. The quantitative estimate of drug-likeness (QED) is 0.0686. The Morgan fingerprint density at radius 3 is 0.760 bits per heavy atom. The first-order valence-corrected chi connectivity index (χ1v) is 47.6. The van der Waals surface area contributed by atoms with Crippen LogP contribution >= 0.6 is 0 Å². The zero-order chi connectivity index (χ0) is 97.5. The third-order valence-corrected chi connectivity index (χ3v) is 26.3. The first-order chi connectivity index (χ1) is 72.2. The zero-order valence-electron chi connectivity index (χ0n) is 77.8. The van der Waals surface area contributed by atoms with Crippen molar-refractivity contribution < 1.29 is 0 Å². The summed E-state index contributed by atoms with van der Waals surface area (Å²) in [4.78, 5) is 75.0. The van der Waals surface area contributed by atoms with E-state index in [9.17, 15) is 15.8 Å². The number of nitrogens with zero attached hydrogens (tertiary/aromatic N) is 19. The molecule has 0 N–H and O–H groups in total. The van der Waals surface area contributed by atoms with Crippen molar-refractivity contribution in [1.82, 2.24) is 78.9 Å². The van der Waals surface area contributed by atoms with Gasteiger partial charge in [0.25, 0.3) is 0 Å². The third-order valence-electron chi connectivity index (χ3n) is 26.3. The molecule has 0 bridgehead atoms. The van der Waals surface area contributed by atoms with Crippen LogP contribution in [0.25, 0.3) is 259 Å². The first-order valence-electron chi connectivity index (χ1n) is 47.6. The highest BCUT2D eigenvalue weighted by atomic mass is 15.1. The number of pyridine rings is 2. The molecule has 19 nitrogen and oxygen atoms in total. The van der Waals surface area contributed by atoms with Crippen LogP contribution in [-0.2, 0) is 0 Å². The molecule has 0 fully saturated rings. The second-order valence-electron chi connectivity index (χ2n) is 35.3. The summed E-state index contributed by atoms with van der Waals surface area (Å²) in [5, 5.41) is 34.1. The molecule has 0 atom stereocenters. The molecule has 0 amide bonds. The molecule has 0 saturated heterocycles. The molecule has 0 spiro atoms. The fourth-order valence-corrected chi connectivity index (χ4v) is 19.3. The monoisotopic (exact) mass is 1870 g/mol. The Bertz CT molecular complexity index is 9370. The van der Waals surface area contributed by atoms with Crippen LogP contribution in [0.15, 0.2) is 455 Å². The van der Waals surface area contributed by atoms with Crippen molar-refractivity contribution in [3.05, 3.63) is 472 Å². The van der Waals surface area contributed by atoms with Gasteiger partial charge >= 0.3 is 0 Å². The topological polar surface area (TPSA) is 262 Å². The van der Waals surface area contributed by atoms with Crippen LogP contribution in [0.2, 0.25) is 0 Å². The van der Waals surface area contributed by atoms with E-state index < -0.39 is 0 Å². The highest BCUT2D eigenvalue weighted by Gasteiger charge is 2.29. The van der Waals surface area contributed by atoms with Crippen LogP contribution in [0.4, 0.5) is 0 Å². The minimum Gasteiger partial charge on any atom is -0.309 e. The Morgan fingerprint density at radius 1 is 0.158 bits per heavy atom. The minimum absolute atomic E-state index is 0.358. The van der Waals surface area contributed by atoms with Crippen LogP contribution in [0.5, 0.6) is 0 Å². The van der Waals surface area contributed by atoms with E-state index in [4.69, 9.17) is 69.8 Å². The van der Waals surface area contributed by atoms with Gasteiger partial charge < -0.3 is 9.13 Å². The summed E-state index contributed by atoms with van der Waals surface area (Å²) in [5.41, 5.74) is 25.9. The Hall–Kier alpha value is -20.8. The van der Waals surface area contributed by atoms with Gasteiger partial charge in [0.15, 0.2) is 69.9 Å². The van der Waals surface area contributed by atoms with E-state index >= 15 is 0 Å². The second-order valence-corrected chi connectivity index (χ2v) is 35.3. The average molecular weight is 1870 g/mol. The van der Waals surface area contributed by atoms with Crippen molar-refractivity contribution >= 4 is 43.6 Å². The Balaban J connectivity index is 0.639. The van der Waals surface area contributed by atoms with Gasteiger partial charge in [-0.25, -0.2) is 59.8 Å². The standard InChI is InChI=1S/C127H75N19/c128-76-79-51-53-82(54-52-79)93-55-60-109-103(71-93)100-47-19-20-50-108(100)145(109)112-63-58-99(75-106(112)114-101(48-25-65-131-114)126-141-119(86-35-13-4-14-36-86)134-120(142-126)87-37-15-5-16-38-87)125-138-118(85-33-11-3-12-34-85)135-122(140-125)96-45-23-43-91(69-96)92-44-24-46-97(70-92)123-139-121(88-39-17-6-18-40-88)143-127(144-123)102-49-26-66-132-115(102)107-74-98(124-136-116(83-29-7-1-8-30-83)133-117(137-124)84-31-9-2-10-32-84)59-64-113(107)146-110-61-56-94(89-41-21-27-80(67-89)77-129)72-104(110)105-73-95(57-62-111(105)146)90-42-22-28-81(68-90)78-130/h1-75H. The van der Waals surface area contributed by atoms with Gasteiger partial charge in [-0.3, -0.25) is 9.97 Å². The van der Waals surface area contributed by atoms with Crippen LogP contribution in [-0.4, -0.2) is 78.9 Å². The van der Waals surface area contributed by atoms with Crippen LogP contribution in [0.1, 0.15) is 16.7 Å². The molecule has 8 heterocycles. The summed E-state index contributed by atoms with van der Waals surface area (Å²) in [5.74, 6) is 5.38. The van der Waals surface area contributed by atoms with Crippen molar-refractivity contribution in [2.24, 2.45) is 0 Å². The Labute approximate surface area is 837 Å². The van der Waals surface area contributed by atoms with Gasteiger partial charge in [-0.2, -0.15) is 15.8 Å². The lowest BCUT2D eigenvalue weighted by Gasteiger charge is -2.18. The molecule has 19 heteroatoms. The molecular weight excluding hydrogens is 1790 g/mol. The lowest BCUT2D eigenvalue weighted by molar-refractivity contribution is 1.07. The number of hydrogen-bond acceptors (Lipinski definition) is 17. The van der Waals surface area contributed by atoms with Crippen molar-refractivity contribution in [3.8, 4) is 233 Å². The van der Waals surface area contributed by atoms with E-state index in [0.717, 1.165) is 144 Å². The van der Waals surface area contributed by atoms with E-state index in [1.165, 1.54) is 0 Å². The molecule has 678 valence electrons. The Morgan fingerprint density at radius 2 is 0.411 bits per heavy atom. The predicted octanol–water partition coefficient (Wildman–Crippen LogP) is 29.0. The summed E-state index contributed by atoms with van der Waals surface area (Å²) in [6.07, 6.45) is 3.61. The number of rotatable bonds is 20. The van der Waals surface area contributed by atoms with Gasteiger partial charge in [0.1, 0.15) is 0 Å². The fourth-order valence-electron chi connectivity index (χ4n) is 19.3. The number of nitriles is 3. The number of benzene rings is 17. The lowest BCUT2D eigenvalue weighted by Crippen LogP contribution is -2.04. The highest BCUT2D eigenvalue weighted by molar-refractivity contribution is 6.14. The SMILES string of the molecule is N#Cc1ccc(-c2ccc3c(c2)c2ccccc2n3-c2ccc(-c3nc(-c4ccccc4)nc(-c4cccc(-c5cccc(-c6nc(-c7ccccc7)nc(-c7cccnc7-c7cc(-c8nc(-c9ccccc9)nc(-c9ccccc9)n8)ccc7-n7c8ccc(-c9cccc(C#N)c9)cc8c8cc(-c9cccc(C#N)c9)ccc87)n6)c5)c4)n3)cc2-c2ncccc2-c2nc(-c3ccccc3)nc(-c3ccccc3)n2)cc1. The summed E-state index contributed by atoms with van der Waals surface area (Å²) < 4.78 is 4.58. The van der Waals surface area contributed by atoms with Crippen molar-refractivity contribution in [2.75, 3.05) is 0 Å². The molecule has 0 saturated carbocycles. The normalized spacial score (nSPS) is 11.3. The van der Waals surface area contributed by atoms with Crippen molar-refractivity contribution in [1.29, 1.82) is 15.8 Å². The molecule has 0 aliphatic heterocycles. The van der Waals surface area contributed by atoms with Gasteiger partial charge in [0.05, 0.1) is 79.7 Å². The zero-order valence-corrected chi connectivity index (χ0v) is 77.8. The van der Waals surface area contributed by atoms with E-state index in [1.54, 1.807) is 6.20 Å². The summed E-state index contributed by atoms with van der Waals surface area (Å²) in [6.45, 7) is 0. The Kier molecular flexibility index (Phi) is 22.3. The number of aromatic nitrogens is 16. The lowest BCUT2D eigenvalue weighted by atomic mass is 9.99. The molecular formula is C127H75N19. The van der Waals surface area contributed by atoms with Crippen LogP contribution in [0, 0.1) is 34.0 Å². The molecule has 0 aliphatic rings. The maximum atomic E-state index is 10.2. The molecule has 0 aliphatic carbocycles. The number of fused-ring (bicyclic) bond motifs is 6. The minimum atomic E-state index is 0.358. The smallest absolute Gasteiger partial charge is 0.166 e. The maximum absolute atomic E-state index is 10.2. The third kappa shape index (κ3) is 16.6. The van der Waals surface area contributed by atoms with Crippen molar-refractivity contribution in [2.45, 2.75) is 0 Å². The maximum Gasteiger partial charge on any atom is 0.166 e. The van der Waals surface area contributed by atoms with Gasteiger partial charge in [-0.1, -0.05) is 291 Å².